The third kappa shape index (κ3) is 5.88. The quantitative estimate of drug-likeness (QED) is 0.535. The minimum absolute atomic E-state index is 0.120. The summed E-state index contributed by atoms with van der Waals surface area (Å²) in [6.45, 7) is 3.30. The molecule has 0 fully saturated rings. The van der Waals surface area contributed by atoms with Crippen LogP contribution < -0.4 is 0 Å². The van der Waals surface area contributed by atoms with Gasteiger partial charge in [-0.3, -0.25) is 0 Å². The fourth-order valence-electron chi connectivity index (χ4n) is 0.398. The summed E-state index contributed by atoms with van der Waals surface area (Å²) >= 11 is 0. The van der Waals surface area contributed by atoms with Gasteiger partial charge in [-0.05, 0) is 5.92 Å². The molecular weight excluding hydrogens is 131 g/mol. The van der Waals surface area contributed by atoms with Crippen molar-refractivity contribution in [1.82, 2.24) is 0 Å². The Balaban J connectivity index is 3.75. The maximum atomic E-state index is 11.6. The van der Waals surface area contributed by atoms with Crippen LogP contribution in [0.3, 0.4) is 0 Å². The molecule has 0 aromatic heterocycles. The topological polar surface area (TPSA) is 34.1 Å². The summed E-state index contributed by atoms with van der Waals surface area (Å²) in [7, 11) is -4.22. The zero-order valence-corrected chi connectivity index (χ0v) is 5.70. The first-order chi connectivity index (χ1) is 3.42. The minimum Gasteiger partial charge on any atom is -0.195 e. The van der Waals surface area contributed by atoms with Gasteiger partial charge in [0.15, 0.2) is 0 Å². The molecule has 0 spiro atoms. The van der Waals surface area contributed by atoms with E-state index in [1.54, 1.807) is 13.8 Å². The second-order valence-corrected chi connectivity index (χ2v) is 3.51. The molecule has 0 atom stereocenters. The van der Waals surface area contributed by atoms with Crippen molar-refractivity contribution in [3.8, 4) is 0 Å². The highest BCUT2D eigenvalue weighted by molar-refractivity contribution is 7.86. The van der Waals surface area contributed by atoms with Crippen molar-refractivity contribution in [2.45, 2.75) is 13.8 Å². The summed E-state index contributed by atoms with van der Waals surface area (Å²) in [6.07, 6.45) is 0. The van der Waals surface area contributed by atoms with Gasteiger partial charge in [-0.2, -0.15) is 8.42 Å². The highest BCUT2D eigenvalue weighted by atomic mass is 32.3. The standard InChI is InChI=1S/C4H9FO2S/c1-4(2)3-8(5,6)7/h4H,3H2,1-2H3. The third-order valence-corrected chi connectivity index (χ3v) is 1.60. The summed E-state index contributed by atoms with van der Waals surface area (Å²) in [5.41, 5.74) is 0. The Labute approximate surface area is 48.9 Å². The van der Waals surface area contributed by atoms with Crippen LogP contribution in [0.2, 0.25) is 0 Å². The zero-order valence-electron chi connectivity index (χ0n) is 4.89. The van der Waals surface area contributed by atoms with Gasteiger partial charge in [0, 0.05) is 0 Å². The first-order valence-electron chi connectivity index (χ1n) is 2.34. The van der Waals surface area contributed by atoms with Gasteiger partial charge < -0.3 is 0 Å². The van der Waals surface area contributed by atoms with Crippen molar-refractivity contribution in [2.24, 2.45) is 5.92 Å². The smallest absolute Gasteiger partial charge is 0.195 e. The van der Waals surface area contributed by atoms with Crippen LogP contribution in [0, 0.1) is 5.92 Å². The Morgan fingerprint density at radius 2 is 1.88 bits per heavy atom. The Morgan fingerprint density at radius 1 is 1.50 bits per heavy atom. The first-order valence-corrected chi connectivity index (χ1v) is 3.89. The summed E-state index contributed by atoms with van der Waals surface area (Å²) < 4.78 is 31.2. The highest BCUT2D eigenvalue weighted by Gasteiger charge is 2.08. The Bertz CT molecular complexity index is 147. The lowest BCUT2D eigenvalue weighted by Gasteiger charge is -1.95. The lowest BCUT2D eigenvalue weighted by atomic mass is 10.3. The van der Waals surface area contributed by atoms with Crippen molar-refractivity contribution in [2.75, 3.05) is 5.75 Å². The van der Waals surface area contributed by atoms with Crippen molar-refractivity contribution >= 4 is 10.2 Å². The molecule has 50 valence electrons. The Morgan fingerprint density at radius 3 is 1.88 bits per heavy atom. The maximum Gasteiger partial charge on any atom is 0.302 e. The summed E-state index contributed by atoms with van der Waals surface area (Å²) in [4.78, 5) is 0. The highest BCUT2D eigenvalue weighted by Crippen LogP contribution is 1.99. The van der Waals surface area contributed by atoms with Crippen LogP contribution in [0.4, 0.5) is 3.89 Å². The molecule has 0 aliphatic heterocycles. The van der Waals surface area contributed by atoms with Gasteiger partial charge in [-0.15, -0.1) is 3.89 Å². The van der Waals surface area contributed by atoms with E-state index >= 15 is 0 Å². The molecular formula is C4H9FO2S. The molecule has 0 aromatic rings. The summed E-state index contributed by atoms with van der Waals surface area (Å²) in [6, 6.07) is 0. The Hall–Kier alpha value is -0.120. The Kier molecular flexibility index (Phi) is 2.40. The molecule has 0 aliphatic rings. The fraction of sp³-hybridized carbons (Fsp3) is 1.00. The maximum absolute atomic E-state index is 11.6. The normalized spacial score (nSPS) is 12.5. The summed E-state index contributed by atoms with van der Waals surface area (Å²) in [5.74, 6) is -0.488. The van der Waals surface area contributed by atoms with Crippen molar-refractivity contribution in [3.05, 3.63) is 0 Å². The first kappa shape index (κ1) is 7.88. The number of rotatable bonds is 2. The van der Waals surface area contributed by atoms with Crippen LogP contribution in [0.1, 0.15) is 13.8 Å². The van der Waals surface area contributed by atoms with Gasteiger partial charge in [-0.1, -0.05) is 13.8 Å². The van der Waals surface area contributed by atoms with E-state index in [0.29, 0.717) is 0 Å². The summed E-state index contributed by atoms with van der Waals surface area (Å²) in [5, 5.41) is 0. The molecule has 0 aromatic carbocycles. The van der Waals surface area contributed by atoms with E-state index in [0.717, 1.165) is 0 Å². The molecule has 2 nitrogen and oxygen atoms in total. The van der Waals surface area contributed by atoms with E-state index in [9.17, 15) is 12.3 Å². The van der Waals surface area contributed by atoms with Crippen LogP contribution >= 0.6 is 0 Å². The molecule has 0 radical (unpaired) electrons. The molecule has 0 aliphatic carbocycles. The molecule has 8 heavy (non-hydrogen) atoms. The van der Waals surface area contributed by atoms with Gasteiger partial charge in [0.2, 0.25) is 0 Å². The molecule has 0 amide bonds. The van der Waals surface area contributed by atoms with Crippen molar-refractivity contribution < 1.29 is 12.3 Å². The van der Waals surface area contributed by atoms with Crippen molar-refractivity contribution in [3.63, 3.8) is 0 Å². The van der Waals surface area contributed by atoms with Gasteiger partial charge >= 0.3 is 10.2 Å². The second-order valence-electron chi connectivity index (χ2n) is 2.10. The van der Waals surface area contributed by atoms with Crippen LogP contribution in [-0.2, 0) is 10.2 Å². The van der Waals surface area contributed by atoms with Crippen LogP contribution in [-0.4, -0.2) is 14.2 Å². The molecule has 0 N–H and O–H groups in total. The average Bonchev–Trinajstić information content (AvgIpc) is 1.21. The van der Waals surface area contributed by atoms with Crippen LogP contribution in [0.25, 0.3) is 0 Å². The van der Waals surface area contributed by atoms with E-state index in [1.807, 2.05) is 0 Å². The predicted molar refractivity (Wildman–Crippen MR) is 29.7 cm³/mol. The molecule has 0 heterocycles. The molecule has 4 heteroatoms. The molecule has 0 bridgehead atoms. The van der Waals surface area contributed by atoms with Gasteiger partial charge in [-0.25, -0.2) is 0 Å². The van der Waals surface area contributed by atoms with Gasteiger partial charge in [0.1, 0.15) is 0 Å². The predicted octanol–water partition coefficient (Wildman–Crippen LogP) is 0.942. The number of hydrogen-bond donors (Lipinski definition) is 0. The van der Waals surface area contributed by atoms with E-state index < -0.39 is 10.2 Å². The van der Waals surface area contributed by atoms with Crippen molar-refractivity contribution in [1.29, 1.82) is 0 Å². The third-order valence-electron chi connectivity index (χ3n) is 0.532. The molecule has 0 saturated heterocycles. The van der Waals surface area contributed by atoms with E-state index in [-0.39, 0.29) is 11.7 Å². The molecule has 0 unspecified atom stereocenters. The molecule has 0 rings (SSSR count). The monoisotopic (exact) mass is 140 g/mol. The zero-order chi connectivity index (χ0) is 6.78. The second kappa shape index (κ2) is 2.44. The largest absolute Gasteiger partial charge is 0.302 e. The average molecular weight is 140 g/mol. The number of hydrogen-bond acceptors (Lipinski definition) is 2. The van der Waals surface area contributed by atoms with E-state index in [4.69, 9.17) is 0 Å². The van der Waals surface area contributed by atoms with E-state index in [2.05, 4.69) is 0 Å². The lowest BCUT2D eigenvalue weighted by Crippen LogP contribution is -2.04. The SMILES string of the molecule is CC(C)CS(=O)(=O)F. The van der Waals surface area contributed by atoms with Gasteiger partial charge in [0.05, 0.1) is 5.75 Å². The van der Waals surface area contributed by atoms with E-state index in [1.165, 1.54) is 0 Å². The molecule has 0 saturated carbocycles. The lowest BCUT2D eigenvalue weighted by molar-refractivity contribution is 0.539. The number of halogens is 1. The fourth-order valence-corrected chi connectivity index (χ4v) is 1.19. The van der Waals surface area contributed by atoms with Gasteiger partial charge in [0.25, 0.3) is 0 Å². The van der Waals surface area contributed by atoms with Crippen LogP contribution in [0.5, 0.6) is 0 Å². The minimum atomic E-state index is -4.22. The van der Waals surface area contributed by atoms with Crippen LogP contribution in [0.15, 0.2) is 0 Å².